The molecule has 0 saturated heterocycles. The van der Waals surface area contributed by atoms with Crippen molar-refractivity contribution < 1.29 is 0 Å². The van der Waals surface area contributed by atoms with Crippen LogP contribution in [0.4, 0.5) is 0 Å². The molecular formula is C9H11Cl2N. The van der Waals surface area contributed by atoms with Crippen molar-refractivity contribution in [2.45, 2.75) is 6.54 Å². The van der Waals surface area contributed by atoms with E-state index in [-0.39, 0.29) is 24.8 Å². The maximum absolute atomic E-state index is 5.40. The fourth-order valence-corrected chi connectivity index (χ4v) is 0.788. The van der Waals surface area contributed by atoms with Crippen molar-refractivity contribution in [1.82, 2.24) is 0 Å². The van der Waals surface area contributed by atoms with E-state index in [1.807, 2.05) is 24.3 Å². The second-order valence-corrected chi connectivity index (χ2v) is 2.05. The molecule has 0 bridgehead atoms. The van der Waals surface area contributed by atoms with Gasteiger partial charge >= 0.3 is 0 Å². The minimum Gasteiger partial charge on any atom is -0.326 e. The molecular weight excluding hydrogens is 193 g/mol. The fraction of sp³-hybridized carbons (Fsp3) is 0.111. The van der Waals surface area contributed by atoms with Crippen LogP contribution in [0.2, 0.25) is 0 Å². The zero-order valence-corrected chi connectivity index (χ0v) is 8.12. The molecule has 0 amide bonds. The van der Waals surface area contributed by atoms with Crippen molar-refractivity contribution in [1.29, 1.82) is 0 Å². The predicted octanol–water partition coefficient (Wildman–Crippen LogP) is 1.97. The standard InChI is InChI=1S/C9H9N.2ClH/c1-2-8-4-3-5-9(6-8)7-10;;/h1,3-6H,7,10H2;2*1H. The SMILES string of the molecule is C#Cc1cccc(CN)c1.Cl.Cl. The first-order chi connectivity index (χ1) is 4.86. The molecule has 0 spiro atoms. The van der Waals surface area contributed by atoms with Gasteiger partial charge in [0.05, 0.1) is 0 Å². The minimum absolute atomic E-state index is 0. The predicted molar refractivity (Wildman–Crippen MR) is 56.8 cm³/mol. The summed E-state index contributed by atoms with van der Waals surface area (Å²) in [6, 6.07) is 7.68. The van der Waals surface area contributed by atoms with Crippen LogP contribution in [-0.2, 0) is 6.54 Å². The Labute approximate surface area is 85.2 Å². The zero-order valence-electron chi connectivity index (χ0n) is 6.49. The second-order valence-electron chi connectivity index (χ2n) is 2.05. The number of hydrogen-bond donors (Lipinski definition) is 1. The van der Waals surface area contributed by atoms with Gasteiger partial charge in [-0.1, -0.05) is 18.1 Å². The van der Waals surface area contributed by atoms with E-state index in [0.717, 1.165) is 11.1 Å². The summed E-state index contributed by atoms with van der Waals surface area (Å²) in [7, 11) is 0. The van der Waals surface area contributed by atoms with Gasteiger partial charge in [-0.25, -0.2) is 0 Å². The molecule has 0 heterocycles. The van der Waals surface area contributed by atoms with Gasteiger partial charge in [0, 0.05) is 12.1 Å². The van der Waals surface area contributed by atoms with E-state index in [9.17, 15) is 0 Å². The lowest BCUT2D eigenvalue weighted by Crippen LogP contribution is -1.95. The normalized spacial score (nSPS) is 7.33. The molecule has 0 fully saturated rings. The van der Waals surface area contributed by atoms with Gasteiger partial charge in [0.15, 0.2) is 0 Å². The van der Waals surface area contributed by atoms with E-state index in [1.165, 1.54) is 0 Å². The van der Waals surface area contributed by atoms with Crippen molar-refractivity contribution in [3.8, 4) is 12.3 Å². The molecule has 0 unspecified atom stereocenters. The highest BCUT2D eigenvalue weighted by molar-refractivity contribution is 5.85. The molecule has 1 aromatic rings. The Bertz CT molecular complexity index is 265. The highest BCUT2D eigenvalue weighted by atomic mass is 35.5. The lowest BCUT2D eigenvalue weighted by molar-refractivity contribution is 1.07. The summed E-state index contributed by atoms with van der Waals surface area (Å²) in [5.74, 6) is 2.55. The van der Waals surface area contributed by atoms with Crippen LogP contribution in [-0.4, -0.2) is 0 Å². The molecule has 1 nitrogen and oxygen atoms in total. The van der Waals surface area contributed by atoms with Gasteiger partial charge in [-0.3, -0.25) is 0 Å². The van der Waals surface area contributed by atoms with Gasteiger partial charge in [0.2, 0.25) is 0 Å². The molecule has 3 heteroatoms. The summed E-state index contributed by atoms with van der Waals surface area (Å²) in [5.41, 5.74) is 7.38. The Kier molecular flexibility index (Phi) is 8.09. The minimum atomic E-state index is 0. The molecule has 0 radical (unpaired) electrons. The third-order valence-electron chi connectivity index (χ3n) is 1.33. The molecule has 0 aliphatic heterocycles. The Hall–Kier alpha value is -0.680. The molecule has 0 atom stereocenters. The molecule has 0 aliphatic carbocycles. The topological polar surface area (TPSA) is 26.0 Å². The summed E-state index contributed by atoms with van der Waals surface area (Å²) in [6.07, 6.45) is 5.18. The molecule has 2 N–H and O–H groups in total. The van der Waals surface area contributed by atoms with E-state index in [2.05, 4.69) is 5.92 Å². The highest BCUT2D eigenvalue weighted by Crippen LogP contribution is 2.01. The van der Waals surface area contributed by atoms with Gasteiger partial charge in [-0.2, -0.15) is 0 Å². The van der Waals surface area contributed by atoms with Gasteiger partial charge in [0.25, 0.3) is 0 Å². The van der Waals surface area contributed by atoms with Crippen molar-refractivity contribution in [2.24, 2.45) is 5.73 Å². The number of terminal acetylenes is 1. The van der Waals surface area contributed by atoms with E-state index < -0.39 is 0 Å². The maximum atomic E-state index is 5.40. The number of rotatable bonds is 1. The summed E-state index contributed by atoms with van der Waals surface area (Å²) < 4.78 is 0. The fourth-order valence-electron chi connectivity index (χ4n) is 0.788. The first-order valence-corrected chi connectivity index (χ1v) is 3.12. The third-order valence-corrected chi connectivity index (χ3v) is 1.33. The van der Waals surface area contributed by atoms with Crippen molar-refractivity contribution in [2.75, 3.05) is 0 Å². The first-order valence-electron chi connectivity index (χ1n) is 3.12. The van der Waals surface area contributed by atoms with Crippen LogP contribution >= 0.6 is 24.8 Å². The summed E-state index contributed by atoms with van der Waals surface area (Å²) in [4.78, 5) is 0. The van der Waals surface area contributed by atoms with Crippen molar-refractivity contribution in [3.63, 3.8) is 0 Å². The van der Waals surface area contributed by atoms with Crippen LogP contribution in [0.15, 0.2) is 24.3 Å². The molecule has 1 rings (SSSR count). The number of nitrogens with two attached hydrogens (primary N) is 1. The Balaban J connectivity index is 0. The van der Waals surface area contributed by atoms with E-state index >= 15 is 0 Å². The summed E-state index contributed by atoms with van der Waals surface area (Å²) >= 11 is 0. The van der Waals surface area contributed by atoms with Crippen LogP contribution in [0.3, 0.4) is 0 Å². The lowest BCUT2D eigenvalue weighted by Gasteiger charge is -1.94. The van der Waals surface area contributed by atoms with E-state index in [4.69, 9.17) is 12.2 Å². The van der Waals surface area contributed by atoms with Crippen molar-refractivity contribution >= 4 is 24.8 Å². The largest absolute Gasteiger partial charge is 0.326 e. The van der Waals surface area contributed by atoms with Gasteiger partial charge in [-0.05, 0) is 17.7 Å². The molecule has 0 aromatic heterocycles. The first kappa shape index (κ1) is 13.9. The number of hydrogen-bond acceptors (Lipinski definition) is 1. The number of benzene rings is 1. The van der Waals surface area contributed by atoms with E-state index in [1.54, 1.807) is 0 Å². The van der Waals surface area contributed by atoms with Crippen LogP contribution in [0, 0.1) is 12.3 Å². The highest BCUT2D eigenvalue weighted by Gasteiger charge is 1.88. The smallest absolute Gasteiger partial charge is 0.0245 e. The lowest BCUT2D eigenvalue weighted by atomic mass is 10.1. The Morgan fingerprint density at radius 3 is 2.50 bits per heavy atom. The molecule has 12 heavy (non-hydrogen) atoms. The molecule has 0 aliphatic rings. The van der Waals surface area contributed by atoms with Gasteiger partial charge in [0.1, 0.15) is 0 Å². The molecule has 1 aromatic carbocycles. The quantitative estimate of drug-likeness (QED) is 0.695. The molecule has 0 saturated carbocycles. The number of halogens is 2. The summed E-state index contributed by atoms with van der Waals surface area (Å²) in [6.45, 7) is 0.551. The van der Waals surface area contributed by atoms with E-state index in [0.29, 0.717) is 6.54 Å². The van der Waals surface area contributed by atoms with Gasteiger partial charge < -0.3 is 5.73 Å². The molecule has 66 valence electrons. The average molecular weight is 204 g/mol. The monoisotopic (exact) mass is 203 g/mol. The second kappa shape index (κ2) is 7.00. The summed E-state index contributed by atoms with van der Waals surface area (Å²) in [5, 5.41) is 0. The third kappa shape index (κ3) is 3.64. The zero-order chi connectivity index (χ0) is 7.40. The van der Waals surface area contributed by atoms with Crippen LogP contribution in [0.5, 0.6) is 0 Å². The van der Waals surface area contributed by atoms with Crippen molar-refractivity contribution in [3.05, 3.63) is 35.4 Å². The van der Waals surface area contributed by atoms with Gasteiger partial charge in [-0.15, -0.1) is 31.2 Å². The Morgan fingerprint density at radius 2 is 2.00 bits per heavy atom. The average Bonchev–Trinajstić information content (AvgIpc) is 2.05. The Morgan fingerprint density at radius 1 is 1.33 bits per heavy atom. The van der Waals surface area contributed by atoms with Crippen LogP contribution in [0.25, 0.3) is 0 Å². The maximum Gasteiger partial charge on any atom is 0.0245 e. The van der Waals surface area contributed by atoms with Crippen LogP contribution in [0.1, 0.15) is 11.1 Å². The van der Waals surface area contributed by atoms with Crippen LogP contribution < -0.4 is 5.73 Å².